The van der Waals surface area contributed by atoms with Crippen molar-refractivity contribution in [2.24, 2.45) is 0 Å². The molecule has 164 valence electrons. The summed E-state index contributed by atoms with van der Waals surface area (Å²) in [4.78, 5) is 37.3. The lowest BCUT2D eigenvalue weighted by Crippen LogP contribution is -2.34. The molecule has 0 aromatic heterocycles. The molecule has 2 aromatic rings. The van der Waals surface area contributed by atoms with Crippen LogP contribution in [-0.2, 0) is 6.54 Å². The van der Waals surface area contributed by atoms with E-state index in [0.717, 1.165) is 31.5 Å². The van der Waals surface area contributed by atoms with Crippen LogP contribution < -0.4 is 20.9 Å². The summed E-state index contributed by atoms with van der Waals surface area (Å²) in [5.41, 5.74) is 2.24. The van der Waals surface area contributed by atoms with Crippen LogP contribution in [-0.4, -0.2) is 36.0 Å². The lowest BCUT2D eigenvalue weighted by molar-refractivity contribution is -0.384. The van der Waals surface area contributed by atoms with Crippen molar-refractivity contribution < 1.29 is 14.5 Å². The van der Waals surface area contributed by atoms with Crippen LogP contribution in [0.1, 0.15) is 42.6 Å². The van der Waals surface area contributed by atoms with Crippen LogP contribution in [0.4, 0.5) is 21.9 Å². The van der Waals surface area contributed by atoms with Crippen LogP contribution in [0.15, 0.2) is 42.5 Å². The number of nitro groups is 1. The van der Waals surface area contributed by atoms with E-state index in [4.69, 9.17) is 0 Å². The fraction of sp³-hybridized carbons (Fsp3) is 0.364. The van der Waals surface area contributed by atoms with Gasteiger partial charge in [-0.3, -0.25) is 14.9 Å². The maximum Gasteiger partial charge on any atom is 0.319 e. The zero-order valence-corrected chi connectivity index (χ0v) is 17.7. The number of hydrogen-bond donors (Lipinski definition) is 3. The number of benzene rings is 2. The van der Waals surface area contributed by atoms with Crippen LogP contribution in [0.5, 0.6) is 0 Å². The highest BCUT2D eigenvalue weighted by Gasteiger charge is 2.23. The van der Waals surface area contributed by atoms with Crippen molar-refractivity contribution in [3.8, 4) is 0 Å². The van der Waals surface area contributed by atoms with Crippen molar-refractivity contribution in [2.75, 3.05) is 23.3 Å². The van der Waals surface area contributed by atoms with Gasteiger partial charge in [0.25, 0.3) is 11.6 Å². The lowest BCUT2D eigenvalue weighted by atomic mass is 10.1. The highest BCUT2D eigenvalue weighted by Crippen LogP contribution is 2.31. The normalized spacial score (nSPS) is 13.2. The molecule has 0 aliphatic carbocycles. The Hall–Kier alpha value is -3.62. The summed E-state index contributed by atoms with van der Waals surface area (Å²) in [6.45, 7) is 5.59. The topological polar surface area (TPSA) is 117 Å². The molecule has 0 spiro atoms. The van der Waals surface area contributed by atoms with Gasteiger partial charge >= 0.3 is 6.03 Å². The van der Waals surface area contributed by atoms with E-state index in [-0.39, 0.29) is 35.8 Å². The highest BCUT2D eigenvalue weighted by molar-refractivity contribution is 5.95. The minimum absolute atomic E-state index is 0.0368. The summed E-state index contributed by atoms with van der Waals surface area (Å²) in [6, 6.07) is 11.5. The van der Waals surface area contributed by atoms with Crippen LogP contribution in [0.2, 0.25) is 0 Å². The van der Waals surface area contributed by atoms with Gasteiger partial charge in [0, 0.05) is 43.0 Å². The van der Waals surface area contributed by atoms with Gasteiger partial charge in [0.2, 0.25) is 0 Å². The minimum atomic E-state index is -0.439. The number of carbonyl (C=O) groups is 2. The second-order valence-corrected chi connectivity index (χ2v) is 7.79. The molecule has 9 heteroatoms. The molecule has 1 fully saturated rings. The predicted molar refractivity (Wildman–Crippen MR) is 119 cm³/mol. The van der Waals surface area contributed by atoms with Gasteiger partial charge in [0.05, 0.1) is 4.92 Å². The van der Waals surface area contributed by atoms with E-state index in [1.54, 1.807) is 36.4 Å². The Bertz CT molecular complexity index is 953. The molecule has 3 N–H and O–H groups in total. The first-order chi connectivity index (χ1) is 14.8. The minimum Gasteiger partial charge on any atom is -0.366 e. The molecule has 0 atom stereocenters. The SMILES string of the molecule is CC(C)NC(=O)Nc1ccc(CNC(=O)c2ccc(N3CCCC3)c([N+](=O)[O-])c2)cc1. The third-order valence-corrected chi connectivity index (χ3v) is 4.97. The number of nitro benzene ring substituents is 1. The number of anilines is 2. The maximum absolute atomic E-state index is 12.5. The molecule has 1 saturated heterocycles. The average molecular weight is 425 g/mol. The van der Waals surface area contributed by atoms with Gasteiger partial charge in [0.15, 0.2) is 0 Å². The van der Waals surface area contributed by atoms with E-state index in [0.29, 0.717) is 11.4 Å². The summed E-state index contributed by atoms with van der Waals surface area (Å²) in [7, 11) is 0. The molecule has 9 nitrogen and oxygen atoms in total. The second kappa shape index (κ2) is 9.92. The molecular weight excluding hydrogens is 398 g/mol. The predicted octanol–water partition coefficient (Wildman–Crippen LogP) is 3.65. The molecule has 31 heavy (non-hydrogen) atoms. The molecule has 2 aromatic carbocycles. The Kier molecular flexibility index (Phi) is 7.07. The molecule has 1 aliphatic rings. The zero-order chi connectivity index (χ0) is 22.4. The molecule has 0 radical (unpaired) electrons. The van der Waals surface area contributed by atoms with Gasteiger partial charge in [-0.25, -0.2) is 4.79 Å². The molecular formula is C22H27N5O4. The Morgan fingerprint density at radius 2 is 1.77 bits per heavy atom. The van der Waals surface area contributed by atoms with E-state index in [1.807, 2.05) is 18.7 Å². The summed E-state index contributed by atoms with van der Waals surface area (Å²) in [6.07, 6.45) is 2.02. The van der Waals surface area contributed by atoms with Crippen LogP contribution in [0, 0.1) is 10.1 Å². The van der Waals surface area contributed by atoms with E-state index < -0.39 is 4.92 Å². The quantitative estimate of drug-likeness (QED) is 0.462. The van der Waals surface area contributed by atoms with Gasteiger partial charge < -0.3 is 20.9 Å². The molecule has 0 unspecified atom stereocenters. The molecule has 3 rings (SSSR count). The van der Waals surface area contributed by atoms with Gasteiger partial charge in [-0.1, -0.05) is 12.1 Å². The van der Waals surface area contributed by atoms with Crippen molar-refractivity contribution in [3.63, 3.8) is 0 Å². The van der Waals surface area contributed by atoms with Crippen molar-refractivity contribution in [2.45, 2.75) is 39.3 Å². The van der Waals surface area contributed by atoms with Crippen LogP contribution in [0.3, 0.4) is 0 Å². The van der Waals surface area contributed by atoms with Gasteiger partial charge in [0.1, 0.15) is 5.69 Å². The largest absolute Gasteiger partial charge is 0.366 e. The number of nitrogens with one attached hydrogen (secondary N) is 3. The fourth-order valence-corrected chi connectivity index (χ4v) is 3.46. The molecule has 0 saturated carbocycles. The summed E-state index contributed by atoms with van der Waals surface area (Å²) in [5, 5.41) is 19.8. The Morgan fingerprint density at radius 1 is 1.10 bits per heavy atom. The number of nitrogens with zero attached hydrogens (tertiary/aromatic N) is 2. The Balaban J connectivity index is 1.61. The molecule has 3 amide bonds. The number of rotatable bonds is 7. The van der Waals surface area contributed by atoms with Crippen LogP contribution >= 0.6 is 0 Å². The molecule has 0 bridgehead atoms. The van der Waals surface area contributed by atoms with Crippen LogP contribution in [0.25, 0.3) is 0 Å². The first kappa shape index (κ1) is 22.1. The van der Waals surface area contributed by atoms with Gasteiger partial charge in [-0.15, -0.1) is 0 Å². The van der Waals surface area contributed by atoms with Crippen molar-refractivity contribution in [1.82, 2.24) is 10.6 Å². The maximum atomic E-state index is 12.5. The van der Waals surface area contributed by atoms with Gasteiger partial charge in [-0.05, 0) is 56.5 Å². The number of urea groups is 1. The smallest absolute Gasteiger partial charge is 0.319 e. The average Bonchev–Trinajstić information content (AvgIpc) is 3.26. The Labute approximate surface area is 181 Å². The van der Waals surface area contributed by atoms with E-state index in [2.05, 4.69) is 16.0 Å². The lowest BCUT2D eigenvalue weighted by Gasteiger charge is -2.17. The monoisotopic (exact) mass is 425 g/mol. The fourth-order valence-electron chi connectivity index (χ4n) is 3.46. The summed E-state index contributed by atoms with van der Waals surface area (Å²) < 4.78 is 0. The molecule has 1 aliphatic heterocycles. The van der Waals surface area contributed by atoms with E-state index in [1.165, 1.54) is 6.07 Å². The standard InChI is InChI=1S/C22H27N5O4/c1-15(2)24-22(29)25-18-8-5-16(6-9-18)14-23-21(28)17-7-10-19(20(13-17)27(30)31)26-11-3-4-12-26/h5-10,13,15H,3-4,11-12,14H2,1-2H3,(H,23,28)(H2,24,25,29). The Morgan fingerprint density at radius 3 is 2.39 bits per heavy atom. The molecule has 1 heterocycles. The van der Waals surface area contributed by atoms with Gasteiger partial charge in [-0.2, -0.15) is 0 Å². The summed E-state index contributed by atoms with van der Waals surface area (Å²) >= 11 is 0. The first-order valence-electron chi connectivity index (χ1n) is 10.3. The number of carbonyl (C=O) groups excluding carboxylic acids is 2. The zero-order valence-electron chi connectivity index (χ0n) is 17.7. The third kappa shape index (κ3) is 5.94. The first-order valence-corrected chi connectivity index (χ1v) is 10.3. The van der Waals surface area contributed by atoms with Crippen molar-refractivity contribution in [1.29, 1.82) is 0 Å². The van der Waals surface area contributed by atoms with Crippen molar-refractivity contribution in [3.05, 3.63) is 63.7 Å². The third-order valence-electron chi connectivity index (χ3n) is 4.97. The van der Waals surface area contributed by atoms with E-state index in [9.17, 15) is 19.7 Å². The van der Waals surface area contributed by atoms with Crippen molar-refractivity contribution >= 4 is 29.0 Å². The number of amides is 3. The second-order valence-electron chi connectivity index (χ2n) is 7.79. The number of hydrogen-bond acceptors (Lipinski definition) is 5. The highest BCUT2D eigenvalue weighted by atomic mass is 16.6. The summed E-state index contributed by atoms with van der Waals surface area (Å²) in [5.74, 6) is -0.380. The van der Waals surface area contributed by atoms with E-state index >= 15 is 0 Å².